The Bertz CT molecular complexity index is 1310. The van der Waals surface area contributed by atoms with Crippen LogP contribution in [0.5, 0.6) is 0 Å². The molecule has 10 heteroatoms. The zero-order chi connectivity index (χ0) is 25.1. The third-order valence-corrected chi connectivity index (χ3v) is 5.92. The van der Waals surface area contributed by atoms with Gasteiger partial charge in [0.15, 0.2) is 0 Å². The van der Waals surface area contributed by atoms with Crippen LogP contribution in [0.4, 0.5) is 11.4 Å². The number of esters is 1. The maximum absolute atomic E-state index is 12.9. The molecule has 2 aliphatic rings. The van der Waals surface area contributed by atoms with Crippen LogP contribution in [0.2, 0.25) is 0 Å². The number of benzene rings is 2. The molecule has 1 aliphatic heterocycles. The van der Waals surface area contributed by atoms with Gasteiger partial charge in [-0.1, -0.05) is 24.3 Å². The summed E-state index contributed by atoms with van der Waals surface area (Å²) in [6, 6.07) is 12.3. The van der Waals surface area contributed by atoms with E-state index in [9.17, 15) is 25.0 Å². The van der Waals surface area contributed by atoms with Crippen LogP contribution in [0.3, 0.4) is 0 Å². The highest BCUT2D eigenvalue weighted by molar-refractivity contribution is 5.92. The van der Waals surface area contributed by atoms with E-state index in [1.807, 2.05) is 0 Å². The summed E-state index contributed by atoms with van der Waals surface area (Å²) in [7, 11) is 0. The van der Waals surface area contributed by atoms with Crippen LogP contribution in [0, 0.1) is 20.2 Å². The van der Waals surface area contributed by atoms with Crippen LogP contribution in [-0.4, -0.2) is 22.4 Å². The van der Waals surface area contributed by atoms with Crippen LogP contribution in [0.15, 0.2) is 76.9 Å². The van der Waals surface area contributed by atoms with Gasteiger partial charge in [-0.3, -0.25) is 20.2 Å². The first-order chi connectivity index (χ1) is 16.8. The minimum Gasteiger partial charge on any atom is -0.462 e. The maximum atomic E-state index is 12.9. The van der Waals surface area contributed by atoms with Gasteiger partial charge in [0, 0.05) is 30.2 Å². The van der Waals surface area contributed by atoms with E-state index < -0.39 is 21.7 Å². The van der Waals surface area contributed by atoms with E-state index in [-0.39, 0.29) is 29.4 Å². The monoisotopic (exact) mass is 477 g/mol. The molecule has 0 radical (unpaired) electrons. The standard InChI is InChI=1S/C25H23N3O7/c1-2-34-25(29)22-21(16-7-4-10-19(14-16)28(32)33)20-11-5-8-17(23(20)35-24(22)26)12-15-6-3-9-18(13-15)27(30)31/h3-4,6-7,9-10,12-14,21H,2,5,8,11,26H2,1H3/b17-12+. The summed E-state index contributed by atoms with van der Waals surface area (Å²) >= 11 is 0. The average molecular weight is 477 g/mol. The van der Waals surface area contributed by atoms with Crippen molar-refractivity contribution in [1.29, 1.82) is 0 Å². The highest BCUT2D eigenvalue weighted by Gasteiger charge is 2.39. The molecule has 1 unspecified atom stereocenters. The number of non-ortho nitro benzene ring substituents is 2. The van der Waals surface area contributed by atoms with E-state index in [0.717, 1.165) is 17.6 Å². The van der Waals surface area contributed by atoms with Gasteiger partial charge in [-0.05, 0) is 54.5 Å². The fourth-order valence-electron chi connectivity index (χ4n) is 4.47. The predicted octanol–water partition coefficient (Wildman–Crippen LogP) is 4.87. The summed E-state index contributed by atoms with van der Waals surface area (Å²) in [5, 5.41) is 22.6. The molecule has 180 valence electrons. The summed E-state index contributed by atoms with van der Waals surface area (Å²) in [5.74, 6) is -0.996. The summed E-state index contributed by atoms with van der Waals surface area (Å²) in [6.45, 7) is 1.80. The van der Waals surface area contributed by atoms with Crippen molar-refractivity contribution in [1.82, 2.24) is 0 Å². The minimum absolute atomic E-state index is 0.0348. The normalized spacial score (nSPS) is 18.7. The molecule has 0 saturated heterocycles. The molecule has 2 aromatic carbocycles. The summed E-state index contributed by atoms with van der Waals surface area (Å²) in [4.78, 5) is 34.5. The molecule has 0 saturated carbocycles. The van der Waals surface area contributed by atoms with E-state index in [1.54, 1.807) is 37.3 Å². The van der Waals surface area contributed by atoms with Crippen LogP contribution >= 0.6 is 0 Å². The first kappa shape index (κ1) is 23.7. The molecule has 0 aromatic heterocycles. The van der Waals surface area contributed by atoms with Crippen molar-refractivity contribution in [3.05, 3.63) is 108 Å². The van der Waals surface area contributed by atoms with Gasteiger partial charge in [-0.25, -0.2) is 4.79 Å². The summed E-state index contributed by atoms with van der Waals surface area (Å²) < 4.78 is 11.2. The highest BCUT2D eigenvalue weighted by Crippen LogP contribution is 2.47. The number of hydrogen-bond donors (Lipinski definition) is 1. The Morgan fingerprint density at radius 1 is 1.11 bits per heavy atom. The zero-order valence-electron chi connectivity index (χ0n) is 18.9. The Hall–Kier alpha value is -4.47. The van der Waals surface area contributed by atoms with Crippen molar-refractivity contribution in [3.63, 3.8) is 0 Å². The second-order valence-electron chi connectivity index (χ2n) is 8.12. The maximum Gasteiger partial charge on any atom is 0.340 e. The molecule has 2 aromatic rings. The second kappa shape index (κ2) is 9.80. The van der Waals surface area contributed by atoms with Gasteiger partial charge in [0.05, 0.1) is 16.5 Å². The number of nitrogens with zero attached hydrogens (tertiary/aromatic N) is 2. The molecule has 2 N–H and O–H groups in total. The summed E-state index contributed by atoms with van der Waals surface area (Å²) in [6.07, 6.45) is 3.73. The van der Waals surface area contributed by atoms with Gasteiger partial charge >= 0.3 is 5.97 Å². The SMILES string of the molecule is CCOC(=O)C1=C(N)OC2=C(CCC/C2=C\c2cccc([N+](=O)[O-])c2)C1c1cccc([N+](=O)[O-])c1. The number of carbonyl (C=O) groups is 1. The molecule has 10 nitrogen and oxygen atoms in total. The van der Waals surface area contributed by atoms with Crippen molar-refractivity contribution in [2.24, 2.45) is 5.73 Å². The first-order valence-electron chi connectivity index (χ1n) is 11.1. The van der Waals surface area contributed by atoms with E-state index in [1.165, 1.54) is 24.3 Å². The van der Waals surface area contributed by atoms with Crippen LogP contribution < -0.4 is 5.73 Å². The summed E-state index contributed by atoms with van der Waals surface area (Å²) in [5.41, 5.74) is 8.86. The Kier molecular flexibility index (Phi) is 6.63. The number of carbonyl (C=O) groups excluding carboxylic acids is 1. The van der Waals surface area contributed by atoms with Gasteiger partial charge in [-0.2, -0.15) is 0 Å². The topological polar surface area (TPSA) is 148 Å². The lowest BCUT2D eigenvalue weighted by Crippen LogP contribution is -2.29. The average Bonchev–Trinajstić information content (AvgIpc) is 2.84. The molecule has 1 aliphatic carbocycles. The Labute approximate surface area is 200 Å². The largest absolute Gasteiger partial charge is 0.462 e. The number of nitro groups is 2. The first-order valence-corrected chi connectivity index (χ1v) is 11.1. The number of hydrogen-bond acceptors (Lipinski definition) is 8. The minimum atomic E-state index is -0.688. The molecule has 0 spiro atoms. The number of nitrogens with two attached hydrogens (primary N) is 1. The van der Waals surface area contributed by atoms with E-state index in [0.29, 0.717) is 29.7 Å². The third kappa shape index (κ3) is 4.77. The van der Waals surface area contributed by atoms with Crippen molar-refractivity contribution in [2.75, 3.05) is 6.61 Å². The number of rotatable bonds is 6. The molecular weight excluding hydrogens is 454 g/mol. The lowest BCUT2D eigenvalue weighted by Gasteiger charge is -2.34. The van der Waals surface area contributed by atoms with Gasteiger partial charge in [0.2, 0.25) is 5.88 Å². The quantitative estimate of drug-likeness (QED) is 0.352. The molecule has 0 amide bonds. The molecular formula is C25H23N3O7. The van der Waals surface area contributed by atoms with Crippen molar-refractivity contribution < 1.29 is 24.1 Å². The van der Waals surface area contributed by atoms with E-state index in [4.69, 9.17) is 15.2 Å². The van der Waals surface area contributed by atoms with Crippen molar-refractivity contribution in [2.45, 2.75) is 32.1 Å². The number of ether oxygens (including phenoxy) is 2. The van der Waals surface area contributed by atoms with E-state index in [2.05, 4.69) is 0 Å². The molecule has 1 heterocycles. The molecule has 0 bridgehead atoms. The Morgan fingerprint density at radius 2 is 1.80 bits per heavy atom. The predicted molar refractivity (Wildman–Crippen MR) is 127 cm³/mol. The van der Waals surface area contributed by atoms with Crippen molar-refractivity contribution >= 4 is 23.4 Å². The van der Waals surface area contributed by atoms with E-state index >= 15 is 0 Å². The highest BCUT2D eigenvalue weighted by atomic mass is 16.6. The zero-order valence-corrected chi connectivity index (χ0v) is 18.9. The Morgan fingerprint density at radius 3 is 2.49 bits per heavy atom. The lowest BCUT2D eigenvalue weighted by atomic mass is 9.76. The van der Waals surface area contributed by atoms with Gasteiger partial charge < -0.3 is 15.2 Å². The smallest absolute Gasteiger partial charge is 0.340 e. The lowest BCUT2D eigenvalue weighted by molar-refractivity contribution is -0.385. The number of nitro benzene ring substituents is 2. The van der Waals surface area contributed by atoms with Crippen molar-refractivity contribution in [3.8, 4) is 0 Å². The van der Waals surface area contributed by atoms with Gasteiger partial charge in [0.25, 0.3) is 11.4 Å². The molecule has 4 rings (SSSR count). The molecule has 1 atom stereocenters. The fourth-order valence-corrected chi connectivity index (χ4v) is 4.47. The van der Waals surface area contributed by atoms with Gasteiger partial charge in [-0.15, -0.1) is 0 Å². The third-order valence-electron chi connectivity index (χ3n) is 5.92. The Balaban J connectivity index is 1.86. The van der Waals surface area contributed by atoms with Crippen LogP contribution in [-0.2, 0) is 14.3 Å². The van der Waals surface area contributed by atoms with Crippen LogP contribution in [0.1, 0.15) is 43.2 Å². The number of allylic oxidation sites excluding steroid dienone is 2. The second-order valence-corrected chi connectivity index (χ2v) is 8.12. The van der Waals surface area contributed by atoms with Crippen LogP contribution in [0.25, 0.3) is 6.08 Å². The molecule has 0 fully saturated rings. The fraction of sp³-hybridized carbons (Fsp3) is 0.240. The van der Waals surface area contributed by atoms with Gasteiger partial charge in [0.1, 0.15) is 11.3 Å². The molecule has 35 heavy (non-hydrogen) atoms.